The van der Waals surface area contributed by atoms with Crippen LogP contribution in [0.3, 0.4) is 0 Å². The lowest BCUT2D eigenvalue weighted by atomic mass is 9.96. The quantitative estimate of drug-likeness (QED) is 0.0518. The zero-order valence-electron chi connectivity index (χ0n) is 41.3. The van der Waals surface area contributed by atoms with Gasteiger partial charge in [-0.3, -0.25) is 0 Å². The van der Waals surface area contributed by atoms with Gasteiger partial charge in [-0.05, 0) is 38.9 Å². The second kappa shape index (κ2) is 28.0. The number of rotatable bonds is 26. The van der Waals surface area contributed by atoms with Crippen LogP contribution in [0.15, 0.2) is 212 Å². The fraction of sp³-hybridized carbons (Fsp3) is 0.323. The highest BCUT2D eigenvalue weighted by molar-refractivity contribution is 5.19. The summed E-state index contributed by atoms with van der Waals surface area (Å²) in [6.07, 6.45) is -8.11. The van der Waals surface area contributed by atoms with Gasteiger partial charge in [0.15, 0.2) is 12.6 Å². The number of benzene rings is 7. The SMILES string of the molecule is CO[C@H]1O[C@H](COCc2ccccc2)[C@@H](OCc2ccccc2)[C@H](OCc2ccccc2)[C@H]1O[C@H]1O[C@H](COCc2ccccc2)[C@@H](OCc2ccccc2)[C@H](OCc2ccccc2)[C@H]1OCc1ccccc1. The first kappa shape index (κ1) is 52.0. The summed E-state index contributed by atoms with van der Waals surface area (Å²) < 4.78 is 75.8. The second-order valence-corrected chi connectivity index (χ2v) is 18.2. The zero-order chi connectivity index (χ0) is 49.7. The Balaban J connectivity index is 1.09. The van der Waals surface area contributed by atoms with Crippen molar-refractivity contribution in [1.82, 2.24) is 0 Å². The van der Waals surface area contributed by atoms with Crippen molar-refractivity contribution < 1.29 is 52.1 Å². The smallest absolute Gasteiger partial charge is 0.187 e. The summed E-state index contributed by atoms with van der Waals surface area (Å²) in [6.45, 7) is 2.38. The van der Waals surface area contributed by atoms with E-state index in [1.807, 2.05) is 212 Å². The van der Waals surface area contributed by atoms with Gasteiger partial charge in [0.2, 0.25) is 0 Å². The van der Waals surface area contributed by atoms with Gasteiger partial charge < -0.3 is 52.1 Å². The van der Waals surface area contributed by atoms with Crippen LogP contribution in [0.1, 0.15) is 38.9 Å². The predicted octanol–water partition coefficient (Wildman–Crippen LogP) is 10.8. The van der Waals surface area contributed by atoms with Crippen LogP contribution >= 0.6 is 0 Å². The van der Waals surface area contributed by atoms with Crippen molar-refractivity contribution in [1.29, 1.82) is 0 Å². The van der Waals surface area contributed by atoms with Crippen molar-refractivity contribution in [3.05, 3.63) is 251 Å². The molecule has 0 radical (unpaired) electrons. The maximum atomic E-state index is 7.40. The number of ether oxygens (including phenoxy) is 11. The molecule has 11 heteroatoms. The third-order valence-electron chi connectivity index (χ3n) is 12.9. The standard InChI is InChI=1S/C62H66O11/c1-63-61-60(58(69-42-51-33-19-7-20-34-51)56(67-40-49-29-15-5-16-30-49)53(71-61)44-64-37-46-23-9-2-10-24-46)73-62-59(70-43-52-35-21-8-22-36-52)57(68-41-50-31-17-6-18-32-50)55(66-39-48-27-13-4-14-28-48)54(72-62)45-65-38-47-25-11-3-12-26-47/h2-36,53-62H,37-45H2,1H3/t53-,54-,55-,56-,57+,58+,59-,60-,61+,62-/m1/s1. The van der Waals surface area contributed by atoms with Gasteiger partial charge in [-0.25, -0.2) is 0 Å². The molecule has 2 saturated heterocycles. The summed E-state index contributed by atoms with van der Waals surface area (Å²) in [4.78, 5) is 0. The Morgan fingerprint density at radius 3 is 0.863 bits per heavy atom. The van der Waals surface area contributed by atoms with Crippen LogP contribution in [0.25, 0.3) is 0 Å². The van der Waals surface area contributed by atoms with Crippen molar-refractivity contribution >= 4 is 0 Å². The van der Waals surface area contributed by atoms with Gasteiger partial charge >= 0.3 is 0 Å². The molecule has 2 fully saturated rings. The molecule has 0 spiro atoms. The number of hydrogen-bond donors (Lipinski definition) is 0. The maximum absolute atomic E-state index is 7.40. The van der Waals surface area contributed by atoms with Gasteiger partial charge in [-0.15, -0.1) is 0 Å². The molecule has 0 amide bonds. The summed E-state index contributed by atoms with van der Waals surface area (Å²) in [6, 6.07) is 70.4. The number of hydrogen-bond acceptors (Lipinski definition) is 11. The van der Waals surface area contributed by atoms with E-state index < -0.39 is 61.4 Å². The van der Waals surface area contributed by atoms with Crippen LogP contribution in [0.5, 0.6) is 0 Å². The Labute approximate surface area is 429 Å². The Hall–Kier alpha value is -5.90. The molecule has 7 aromatic carbocycles. The monoisotopic (exact) mass is 986 g/mol. The molecule has 0 N–H and O–H groups in total. The largest absolute Gasteiger partial charge is 0.374 e. The molecule has 11 nitrogen and oxygen atoms in total. The minimum atomic E-state index is -1.10. The first-order valence-electron chi connectivity index (χ1n) is 25.2. The summed E-state index contributed by atoms with van der Waals surface area (Å²) in [5, 5.41) is 0. The molecule has 2 aliphatic rings. The van der Waals surface area contributed by atoms with Crippen molar-refractivity contribution in [3.63, 3.8) is 0 Å². The normalized spacial score (nSPS) is 24.0. The summed E-state index contributed by atoms with van der Waals surface area (Å²) in [5.74, 6) is 0. The Morgan fingerprint density at radius 1 is 0.288 bits per heavy atom. The maximum Gasteiger partial charge on any atom is 0.187 e. The molecule has 380 valence electrons. The highest BCUT2D eigenvalue weighted by Gasteiger charge is 2.54. The van der Waals surface area contributed by atoms with Crippen molar-refractivity contribution in [2.24, 2.45) is 0 Å². The van der Waals surface area contributed by atoms with E-state index in [4.69, 9.17) is 52.1 Å². The average Bonchev–Trinajstić information content (AvgIpc) is 3.45. The van der Waals surface area contributed by atoms with E-state index in [2.05, 4.69) is 0 Å². The van der Waals surface area contributed by atoms with Crippen LogP contribution in [-0.2, 0) is 98.4 Å². The van der Waals surface area contributed by atoms with Crippen LogP contribution in [0.2, 0.25) is 0 Å². The van der Waals surface area contributed by atoms with Gasteiger partial charge in [0.25, 0.3) is 0 Å². The molecule has 2 heterocycles. The molecule has 73 heavy (non-hydrogen) atoms. The highest BCUT2D eigenvalue weighted by atomic mass is 16.8. The van der Waals surface area contributed by atoms with E-state index in [0.717, 1.165) is 38.9 Å². The first-order chi connectivity index (χ1) is 36.2. The van der Waals surface area contributed by atoms with Gasteiger partial charge in [0.1, 0.15) is 48.8 Å². The molecule has 0 unspecified atom stereocenters. The van der Waals surface area contributed by atoms with E-state index in [1.54, 1.807) is 7.11 Å². The molecule has 0 saturated carbocycles. The van der Waals surface area contributed by atoms with Gasteiger partial charge in [-0.1, -0.05) is 212 Å². The Bertz CT molecular complexity index is 2560. The van der Waals surface area contributed by atoms with E-state index in [-0.39, 0.29) is 46.2 Å². The zero-order valence-corrected chi connectivity index (χ0v) is 41.3. The lowest BCUT2D eigenvalue weighted by molar-refractivity contribution is -0.381. The minimum Gasteiger partial charge on any atom is -0.374 e. The third kappa shape index (κ3) is 15.3. The second-order valence-electron chi connectivity index (χ2n) is 18.2. The Kier molecular flexibility index (Phi) is 19.9. The van der Waals surface area contributed by atoms with Gasteiger partial charge in [-0.2, -0.15) is 0 Å². The molecule has 10 atom stereocenters. The van der Waals surface area contributed by atoms with E-state index in [1.165, 1.54) is 0 Å². The number of methoxy groups -OCH3 is 1. The topological polar surface area (TPSA) is 102 Å². The van der Waals surface area contributed by atoms with Crippen LogP contribution < -0.4 is 0 Å². The molecule has 0 bridgehead atoms. The van der Waals surface area contributed by atoms with Gasteiger partial charge in [0.05, 0.1) is 59.5 Å². The van der Waals surface area contributed by atoms with Crippen LogP contribution in [0.4, 0.5) is 0 Å². The highest BCUT2D eigenvalue weighted by Crippen LogP contribution is 2.37. The lowest BCUT2D eigenvalue weighted by Crippen LogP contribution is -2.66. The van der Waals surface area contributed by atoms with Crippen LogP contribution in [0, 0.1) is 0 Å². The molecular weight excluding hydrogens is 921 g/mol. The fourth-order valence-corrected chi connectivity index (χ4v) is 9.15. The van der Waals surface area contributed by atoms with Crippen LogP contribution in [-0.4, -0.2) is 81.7 Å². The summed E-state index contributed by atoms with van der Waals surface area (Å²) in [7, 11) is 1.60. The van der Waals surface area contributed by atoms with Crippen molar-refractivity contribution in [2.45, 2.75) is 108 Å². The van der Waals surface area contributed by atoms with Gasteiger partial charge in [0, 0.05) is 7.11 Å². The minimum absolute atomic E-state index is 0.150. The summed E-state index contributed by atoms with van der Waals surface area (Å²) in [5.41, 5.74) is 6.97. The first-order valence-corrected chi connectivity index (χ1v) is 25.2. The third-order valence-corrected chi connectivity index (χ3v) is 12.9. The molecule has 9 rings (SSSR count). The Morgan fingerprint density at radius 2 is 0.548 bits per heavy atom. The lowest BCUT2D eigenvalue weighted by Gasteiger charge is -2.50. The summed E-state index contributed by atoms with van der Waals surface area (Å²) >= 11 is 0. The molecule has 0 aliphatic carbocycles. The molecule has 2 aliphatic heterocycles. The molecule has 0 aromatic heterocycles. The average molecular weight is 987 g/mol. The van der Waals surface area contributed by atoms with Crippen molar-refractivity contribution in [2.75, 3.05) is 20.3 Å². The predicted molar refractivity (Wildman–Crippen MR) is 276 cm³/mol. The van der Waals surface area contributed by atoms with Crippen molar-refractivity contribution in [3.8, 4) is 0 Å². The fourth-order valence-electron chi connectivity index (χ4n) is 9.15. The molecule has 7 aromatic rings. The van der Waals surface area contributed by atoms with E-state index in [0.29, 0.717) is 13.2 Å². The van der Waals surface area contributed by atoms with E-state index >= 15 is 0 Å². The molecular formula is C62H66O11. The van der Waals surface area contributed by atoms with E-state index in [9.17, 15) is 0 Å².